The van der Waals surface area contributed by atoms with E-state index in [1.165, 1.54) is 19.1 Å². The van der Waals surface area contributed by atoms with Gasteiger partial charge in [0.15, 0.2) is 11.6 Å². The maximum absolute atomic E-state index is 14.2. The van der Waals surface area contributed by atoms with Gasteiger partial charge < -0.3 is 19.1 Å². The standard InChI is InChI=1S/C15H15F2NO5/c1-8-4-5-10(12(17)11(8)16)18-7-23-6-9(14(19)21-2)13(18)15(20)22-3/h4-5H,6-7H2,1-3H3. The number of halogens is 2. The zero-order chi connectivity index (χ0) is 17.1. The smallest absolute Gasteiger partial charge is 0.355 e. The van der Waals surface area contributed by atoms with Crippen molar-refractivity contribution >= 4 is 17.6 Å². The lowest BCUT2D eigenvalue weighted by atomic mass is 10.1. The summed E-state index contributed by atoms with van der Waals surface area (Å²) < 4.78 is 42.5. The number of ether oxygens (including phenoxy) is 3. The first kappa shape index (κ1) is 16.9. The summed E-state index contributed by atoms with van der Waals surface area (Å²) in [7, 11) is 2.25. The van der Waals surface area contributed by atoms with E-state index in [2.05, 4.69) is 9.47 Å². The molecule has 23 heavy (non-hydrogen) atoms. The van der Waals surface area contributed by atoms with Gasteiger partial charge in [-0.2, -0.15) is 0 Å². The number of carbonyl (C=O) groups is 2. The number of hydrogen-bond acceptors (Lipinski definition) is 6. The minimum atomic E-state index is -1.15. The summed E-state index contributed by atoms with van der Waals surface area (Å²) in [4.78, 5) is 24.9. The summed E-state index contributed by atoms with van der Waals surface area (Å²) in [6.07, 6.45) is 0. The molecule has 8 heteroatoms. The molecule has 0 bridgehead atoms. The van der Waals surface area contributed by atoms with E-state index in [0.29, 0.717) is 0 Å². The summed E-state index contributed by atoms with van der Waals surface area (Å²) in [5.74, 6) is -3.89. The third-order valence-corrected chi connectivity index (χ3v) is 3.38. The summed E-state index contributed by atoms with van der Waals surface area (Å²) in [5, 5.41) is 0. The summed E-state index contributed by atoms with van der Waals surface area (Å²) in [5.41, 5.74) is -0.505. The molecule has 1 aromatic carbocycles. The number of nitrogens with zero attached hydrogens (tertiary/aromatic N) is 1. The molecule has 1 aromatic rings. The highest BCUT2D eigenvalue weighted by Crippen LogP contribution is 2.30. The van der Waals surface area contributed by atoms with Crippen LogP contribution in [-0.2, 0) is 23.8 Å². The fourth-order valence-corrected chi connectivity index (χ4v) is 2.18. The van der Waals surface area contributed by atoms with Gasteiger partial charge in [0.1, 0.15) is 12.4 Å². The fourth-order valence-electron chi connectivity index (χ4n) is 2.18. The van der Waals surface area contributed by atoms with Crippen LogP contribution >= 0.6 is 0 Å². The Kier molecular flexibility index (Phi) is 4.95. The van der Waals surface area contributed by atoms with Gasteiger partial charge in [-0.15, -0.1) is 0 Å². The van der Waals surface area contributed by atoms with Crippen molar-refractivity contribution in [3.63, 3.8) is 0 Å². The summed E-state index contributed by atoms with van der Waals surface area (Å²) >= 11 is 0. The van der Waals surface area contributed by atoms with Crippen molar-refractivity contribution < 1.29 is 32.6 Å². The van der Waals surface area contributed by atoms with Crippen LogP contribution < -0.4 is 4.90 Å². The molecular weight excluding hydrogens is 312 g/mol. The van der Waals surface area contributed by atoms with E-state index < -0.39 is 23.6 Å². The number of aryl methyl sites for hydroxylation is 1. The normalized spacial score (nSPS) is 14.7. The van der Waals surface area contributed by atoms with Gasteiger partial charge in [0.25, 0.3) is 0 Å². The first-order chi connectivity index (χ1) is 10.9. The molecule has 0 radical (unpaired) electrons. The van der Waals surface area contributed by atoms with Crippen LogP contribution in [0.4, 0.5) is 14.5 Å². The Hall–Kier alpha value is -2.48. The minimum absolute atomic E-state index is 0.112. The average molecular weight is 327 g/mol. The predicted octanol–water partition coefficient (Wildman–Crippen LogP) is 1.67. The molecule has 2 rings (SSSR count). The third kappa shape index (κ3) is 3.02. The Balaban J connectivity index is 2.62. The Bertz CT molecular complexity index is 687. The Morgan fingerprint density at radius 2 is 1.78 bits per heavy atom. The second kappa shape index (κ2) is 6.74. The molecule has 0 amide bonds. The van der Waals surface area contributed by atoms with Crippen LogP contribution in [0.3, 0.4) is 0 Å². The van der Waals surface area contributed by atoms with Crippen molar-refractivity contribution in [1.82, 2.24) is 0 Å². The van der Waals surface area contributed by atoms with E-state index >= 15 is 0 Å². The first-order valence-corrected chi connectivity index (χ1v) is 6.62. The molecule has 0 aromatic heterocycles. The largest absolute Gasteiger partial charge is 0.466 e. The van der Waals surface area contributed by atoms with Gasteiger partial charge >= 0.3 is 11.9 Å². The highest BCUT2D eigenvalue weighted by Gasteiger charge is 2.34. The lowest BCUT2D eigenvalue weighted by molar-refractivity contribution is -0.140. The van der Waals surface area contributed by atoms with Gasteiger partial charge in [0.2, 0.25) is 0 Å². The Morgan fingerprint density at radius 3 is 2.39 bits per heavy atom. The molecule has 0 unspecified atom stereocenters. The topological polar surface area (TPSA) is 65.1 Å². The lowest BCUT2D eigenvalue weighted by Gasteiger charge is -2.31. The molecule has 0 N–H and O–H groups in total. The first-order valence-electron chi connectivity index (χ1n) is 6.62. The molecule has 1 aliphatic rings. The zero-order valence-electron chi connectivity index (χ0n) is 12.8. The van der Waals surface area contributed by atoms with Gasteiger partial charge in [0.05, 0.1) is 32.1 Å². The predicted molar refractivity (Wildman–Crippen MR) is 75.5 cm³/mol. The van der Waals surface area contributed by atoms with E-state index in [1.807, 2.05) is 0 Å². The maximum Gasteiger partial charge on any atom is 0.355 e. The monoisotopic (exact) mass is 327 g/mol. The molecule has 0 atom stereocenters. The van der Waals surface area contributed by atoms with Crippen LogP contribution in [0.1, 0.15) is 5.56 Å². The van der Waals surface area contributed by atoms with Gasteiger partial charge in [-0.25, -0.2) is 18.4 Å². The van der Waals surface area contributed by atoms with Crippen LogP contribution in [-0.4, -0.2) is 39.5 Å². The number of benzene rings is 1. The van der Waals surface area contributed by atoms with Gasteiger partial charge in [0, 0.05) is 0 Å². The van der Waals surface area contributed by atoms with E-state index in [1.54, 1.807) is 0 Å². The third-order valence-electron chi connectivity index (χ3n) is 3.38. The van der Waals surface area contributed by atoms with E-state index in [4.69, 9.17) is 4.74 Å². The molecule has 124 valence electrons. The van der Waals surface area contributed by atoms with Crippen LogP contribution in [0.15, 0.2) is 23.4 Å². The number of rotatable bonds is 3. The van der Waals surface area contributed by atoms with Crippen LogP contribution in [0.5, 0.6) is 0 Å². The quantitative estimate of drug-likeness (QED) is 0.787. The summed E-state index contributed by atoms with van der Waals surface area (Å²) in [6, 6.07) is 2.65. The average Bonchev–Trinajstić information content (AvgIpc) is 2.57. The molecule has 0 saturated heterocycles. The SMILES string of the molecule is COC(=O)C1=C(C(=O)OC)N(c2ccc(C)c(F)c2F)COC1. The van der Waals surface area contributed by atoms with Crippen molar-refractivity contribution in [2.45, 2.75) is 6.92 Å². The number of hydrogen-bond donors (Lipinski definition) is 0. The number of esters is 2. The van der Waals surface area contributed by atoms with Crippen molar-refractivity contribution in [2.75, 3.05) is 32.5 Å². The minimum Gasteiger partial charge on any atom is -0.466 e. The van der Waals surface area contributed by atoms with Crippen molar-refractivity contribution in [3.05, 3.63) is 40.6 Å². The zero-order valence-corrected chi connectivity index (χ0v) is 12.8. The number of carbonyl (C=O) groups excluding carboxylic acids is 2. The highest BCUT2D eigenvalue weighted by molar-refractivity contribution is 6.03. The van der Waals surface area contributed by atoms with Crippen molar-refractivity contribution in [1.29, 1.82) is 0 Å². The molecule has 0 saturated carbocycles. The van der Waals surface area contributed by atoms with E-state index in [-0.39, 0.29) is 35.9 Å². The summed E-state index contributed by atoms with van der Waals surface area (Å²) in [6.45, 7) is 0.958. The number of methoxy groups -OCH3 is 2. The van der Waals surface area contributed by atoms with Crippen molar-refractivity contribution in [3.8, 4) is 0 Å². The molecule has 0 fully saturated rings. The van der Waals surface area contributed by atoms with Gasteiger partial charge in [-0.1, -0.05) is 6.07 Å². The lowest BCUT2D eigenvalue weighted by Crippen LogP contribution is -2.39. The van der Waals surface area contributed by atoms with Crippen molar-refractivity contribution in [2.24, 2.45) is 0 Å². The van der Waals surface area contributed by atoms with Crippen LogP contribution in [0.25, 0.3) is 0 Å². The second-order valence-corrected chi connectivity index (χ2v) is 4.75. The maximum atomic E-state index is 14.2. The Morgan fingerprint density at radius 1 is 1.13 bits per heavy atom. The van der Waals surface area contributed by atoms with E-state index in [9.17, 15) is 18.4 Å². The van der Waals surface area contributed by atoms with E-state index in [0.717, 1.165) is 19.1 Å². The van der Waals surface area contributed by atoms with Gasteiger partial charge in [-0.05, 0) is 18.6 Å². The molecule has 1 aliphatic heterocycles. The molecule has 1 heterocycles. The van der Waals surface area contributed by atoms with Gasteiger partial charge in [-0.3, -0.25) is 0 Å². The second-order valence-electron chi connectivity index (χ2n) is 4.75. The van der Waals surface area contributed by atoms with Crippen LogP contribution in [0, 0.1) is 18.6 Å². The molecular formula is C15H15F2NO5. The number of anilines is 1. The van der Waals surface area contributed by atoms with Crippen LogP contribution in [0.2, 0.25) is 0 Å². The highest BCUT2D eigenvalue weighted by atomic mass is 19.2. The molecule has 0 aliphatic carbocycles. The molecule has 6 nitrogen and oxygen atoms in total. The Labute approximate surface area is 131 Å². The fraction of sp³-hybridized carbons (Fsp3) is 0.333. The molecule has 0 spiro atoms.